The van der Waals surface area contributed by atoms with Gasteiger partial charge in [0.15, 0.2) is 0 Å². The first-order valence-corrected chi connectivity index (χ1v) is 14.1. The maximum atomic E-state index is 12.9. The van der Waals surface area contributed by atoms with Crippen molar-refractivity contribution >= 4 is 28.5 Å². The number of fused-ring (bicyclic) bond motifs is 5. The van der Waals surface area contributed by atoms with Crippen LogP contribution in [-0.2, 0) is 9.53 Å². The van der Waals surface area contributed by atoms with Crippen LogP contribution in [0.1, 0.15) is 77.2 Å². The average molecular weight is 556 g/mol. The van der Waals surface area contributed by atoms with Crippen molar-refractivity contribution < 1.29 is 9.53 Å². The third-order valence-electron chi connectivity index (χ3n) is 10.9. The van der Waals surface area contributed by atoms with E-state index in [0.717, 1.165) is 62.9 Å². The number of carbonyl (C=O) groups is 1. The van der Waals surface area contributed by atoms with Crippen LogP contribution >= 0.6 is 17.0 Å². The molecule has 6 rings (SSSR count). The molecule has 36 heavy (non-hydrogen) atoms. The third-order valence-corrected chi connectivity index (χ3v) is 10.9. The highest BCUT2D eigenvalue weighted by atomic mass is 79.9. The van der Waals surface area contributed by atoms with E-state index in [-0.39, 0.29) is 45.8 Å². The monoisotopic (exact) mass is 554 g/mol. The quantitative estimate of drug-likeness (QED) is 0.302. The van der Waals surface area contributed by atoms with Crippen LogP contribution in [0.15, 0.2) is 42.3 Å². The number of hydrogen-bond donors (Lipinski definition) is 0. The van der Waals surface area contributed by atoms with Crippen LogP contribution in [0.2, 0.25) is 0 Å². The molecular weight excluding hydrogens is 512 g/mol. The lowest BCUT2D eigenvalue weighted by Crippen LogP contribution is -2.50. The predicted molar refractivity (Wildman–Crippen MR) is 150 cm³/mol. The molecule has 5 aliphatic rings. The number of hydrogen-bond acceptors (Lipinski definition) is 4. The van der Waals surface area contributed by atoms with Crippen LogP contribution < -0.4 is 0 Å². The van der Waals surface area contributed by atoms with Crippen molar-refractivity contribution in [1.82, 2.24) is 9.88 Å². The largest absolute Gasteiger partial charge is 0.462 e. The van der Waals surface area contributed by atoms with Crippen molar-refractivity contribution in [2.45, 2.75) is 77.7 Å². The van der Waals surface area contributed by atoms with Gasteiger partial charge in [0, 0.05) is 18.8 Å². The molecule has 4 nitrogen and oxygen atoms in total. The molecule has 1 aromatic rings. The van der Waals surface area contributed by atoms with E-state index in [1.165, 1.54) is 31.2 Å². The number of piperidine rings is 1. The molecule has 0 bridgehead atoms. The molecule has 0 spiro atoms. The standard InChI is InChI=1S/C31H42N2O2.BrH/c1-30-14-10-24(35-29(34)21-12-17-33(3)18-13-21)19-23(30)6-7-25-27-9-8-26(22-5-4-16-32-20-22)31(27,2)15-11-28(25)30;/h4-6,8,16,20-21,24-25,27-28H,7,9-15,17-19H2,1-3H3;1H/t24-,25-,27-,28-,30-,31+;/m0./s1. The molecule has 3 fully saturated rings. The normalized spacial score (nSPS) is 38.5. The van der Waals surface area contributed by atoms with E-state index in [9.17, 15) is 4.79 Å². The van der Waals surface area contributed by atoms with Crippen LogP contribution in [-0.4, -0.2) is 42.1 Å². The highest BCUT2D eigenvalue weighted by molar-refractivity contribution is 8.93. The Labute approximate surface area is 227 Å². The molecule has 0 unspecified atom stereocenters. The summed E-state index contributed by atoms with van der Waals surface area (Å²) in [4.78, 5) is 19.6. The number of aromatic nitrogens is 1. The smallest absolute Gasteiger partial charge is 0.309 e. The van der Waals surface area contributed by atoms with Crippen molar-refractivity contribution in [2.75, 3.05) is 20.1 Å². The maximum Gasteiger partial charge on any atom is 0.309 e. The second-order valence-electron chi connectivity index (χ2n) is 12.7. The van der Waals surface area contributed by atoms with Gasteiger partial charge < -0.3 is 9.64 Å². The Morgan fingerprint density at radius 3 is 2.56 bits per heavy atom. The SMILES string of the molecule is Br.CN1CCC(C(=O)O[C@H]2CC[C@@]3(C)C(=CC[C@@H]4[C@@H]3CC[C@]3(C)C(c5cccnc5)=CC[C@@H]43)C2)CC1. The van der Waals surface area contributed by atoms with E-state index in [1.54, 1.807) is 11.1 Å². The molecule has 1 aromatic heterocycles. The Bertz CT molecular complexity index is 1030. The fraction of sp³-hybridized carbons (Fsp3) is 0.677. The minimum atomic E-state index is 0. The lowest BCUT2D eigenvalue weighted by atomic mass is 9.47. The number of rotatable bonds is 3. The molecule has 0 N–H and O–H groups in total. The molecule has 4 aliphatic carbocycles. The van der Waals surface area contributed by atoms with E-state index in [4.69, 9.17) is 4.74 Å². The first-order chi connectivity index (χ1) is 16.9. The summed E-state index contributed by atoms with van der Waals surface area (Å²) in [6.07, 6.45) is 19.1. The number of nitrogens with zero attached hydrogens (tertiary/aromatic N) is 2. The summed E-state index contributed by atoms with van der Waals surface area (Å²) < 4.78 is 6.13. The van der Waals surface area contributed by atoms with E-state index < -0.39 is 0 Å². The number of halogens is 1. The van der Waals surface area contributed by atoms with Gasteiger partial charge in [-0.2, -0.15) is 0 Å². The molecule has 2 saturated carbocycles. The van der Waals surface area contributed by atoms with Gasteiger partial charge in [-0.15, -0.1) is 17.0 Å². The zero-order valence-corrected chi connectivity index (χ0v) is 24.0. The Morgan fingerprint density at radius 1 is 1.03 bits per heavy atom. The van der Waals surface area contributed by atoms with Gasteiger partial charge in [-0.1, -0.05) is 37.6 Å². The van der Waals surface area contributed by atoms with Crippen LogP contribution in [0.3, 0.4) is 0 Å². The summed E-state index contributed by atoms with van der Waals surface area (Å²) in [6, 6.07) is 4.32. The molecule has 0 radical (unpaired) electrons. The van der Waals surface area contributed by atoms with Gasteiger partial charge in [0.1, 0.15) is 6.10 Å². The summed E-state index contributed by atoms with van der Waals surface area (Å²) >= 11 is 0. The average Bonchev–Trinajstić information content (AvgIpc) is 3.22. The van der Waals surface area contributed by atoms with Crippen molar-refractivity contribution in [3.05, 3.63) is 47.8 Å². The topological polar surface area (TPSA) is 42.4 Å². The Hall–Kier alpha value is -1.46. The zero-order valence-electron chi connectivity index (χ0n) is 22.2. The van der Waals surface area contributed by atoms with Gasteiger partial charge in [0.2, 0.25) is 0 Å². The van der Waals surface area contributed by atoms with Crippen molar-refractivity contribution in [3.8, 4) is 0 Å². The molecular formula is C31H43BrN2O2. The first kappa shape index (κ1) is 26.2. The van der Waals surface area contributed by atoms with E-state index >= 15 is 0 Å². The first-order valence-electron chi connectivity index (χ1n) is 14.1. The lowest BCUT2D eigenvalue weighted by Gasteiger charge is -2.58. The number of allylic oxidation sites excluding steroid dienone is 3. The van der Waals surface area contributed by atoms with Gasteiger partial charge >= 0.3 is 5.97 Å². The fourth-order valence-electron chi connectivity index (χ4n) is 8.77. The number of carbonyl (C=O) groups excluding carboxylic acids is 1. The summed E-state index contributed by atoms with van der Waals surface area (Å²) in [6.45, 7) is 7.08. The number of pyridine rings is 1. The molecule has 5 heteroatoms. The number of esters is 1. The third kappa shape index (κ3) is 4.32. The number of ether oxygens (including phenoxy) is 1. The van der Waals surface area contributed by atoms with E-state index in [1.807, 2.05) is 6.20 Å². The zero-order chi connectivity index (χ0) is 24.2. The van der Waals surface area contributed by atoms with Crippen molar-refractivity contribution in [3.63, 3.8) is 0 Å². The van der Waals surface area contributed by atoms with Gasteiger partial charge in [-0.3, -0.25) is 9.78 Å². The fourth-order valence-corrected chi connectivity index (χ4v) is 8.77. The summed E-state index contributed by atoms with van der Waals surface area (Å²) in [5, 5.41) is 0. The van der Waals surface area contributed by atoms with E-state index in [0.29, 0.717) is 0 Å². The molecule has 1 saturated heterocycles. The second-order valence-corrected chi connectivity index (χ2v) is 12.7. The van der Waals surface area contributed by atoms with Gasteiger partial charge in [0.25, 0.3) is 0 Å². The van der Waals surface area contributed by atoms with Crippen molar-refractivity contribution in [2.24, 2.45) is 34.5 Å². The summed E-state index contributed by atoms with van der Waals surface area (Å²) in [7, 11) is 2.14. The predicted octanol–water partition coefficient (Wildman–Crippen LogP) is 6.87. The second kappa shape index (κ2) is 10.0. The van der Waals surface area contributed by atoms with Crippen molar-refractivity contribution in [1.29, 1.82) is 0 Å². The molecule has 1 aliphatic heterocycles. The minimum Gasteiger partial charge on any atom is -0.462 e. The van der Waals surface area contributed by atoms with Crippen LogP contribution in [0.5, 0.6) is 0 Å². The maximum absolute atomic E-state index is 12.9. The minimum absolute atomic E-state index is 0. The molecule has 6 atom stereocenters. The molecule has 2 heterocycles. The number of likely N-dealkylation sites (tertiary alicyclic amines) is 1. The summed E-state index contributed by atoms with van der Waals surface area (Å²) in [5.74, 6) is 2.41. The Balaban J connectivity index is 0.00000267. The van der Waals surface area contributed by atoms with Gasteiger partial charge in [0.05, 0.1) is 5.92 Å². The Morgan fingerprint density at radius 2 is 1.81 bits per heavy atom. The highest BCUT2D eigenvalue weighted by Crippen LogP contribution is 2.66. The molecule has 0 amide bonds. The van der Waals surface area contributed by atoms with E-state index in [2.05, 4.69) is 61.3 Å². The van der Waals surface area contributed by atoms with Crippen LogP contribution in [0, 0.1) is 34.5 Å². The van der Waals surface area contributed by atoms with Gasteiger partial charge in [-0.05, 0) is 117 Å². The lowest BCUT2D eigenvalue weighted by molar-refractivity contribution is -0.157. The molecule has 0 aromatic carbocycles. The molecule has 196 valence electrons. The van der Waals surface area contributed by atoms with Crippen LogP contribution in [0.25, 0.3) is 5.57 Å². The van der Waals surface area contributed by atoms with Crippen LogP contribution in [0.4, 0.5) is 0 Å². The highest BCUT2D eigenvalue weighted by Gasteiger charge is 2.57. The van der Waals surface area contributed by atoms with Gasteiger partial charge in [-0.25, -0.2) is 0 Å². The Kier molecular flexibility index (Phi) is 7.28. The summed E-state index contributed by atoms with van der Waals surface area (Å²) in [5.41, 5.74) is 5.00.